The molecular formula is C25H32FNO4. The standard InChI is InChI=1S/C25H32FNO4/c1-5-20-22(6-2)27-25(15(3)4)21(24(20)16-7-9-17(26)10-8-16)12-11-18(28)13-19(29)14-23(30)31/h7-12,15,18-19,28-29H,5-6,13-14H2,1-4H3,(H,30,31)/t18-,19-/m1/s1. The molecule has 0 amide bonds. The van der Waals surface area contributed by atoms with E-state index in [1.807, 2.05) is 13.8 Å². The van der Waals surface area contributed by atoms with Crippen molar-refractivity contribution in [3.05, 3.63) is 58.7 Å². The number of halogens is 1. The Hall–Kier alpha value is -2.57. The van der Waals surface area contributed by atoms with E-state index in [2.05, 4.69) is 13.8 Å². The third-order valence-electron chi connectivity index (χ3n) is 5.23. The molecule has 0 saturated heterocycles. The Bertz CT molecular complexity index is 922. The minimum absolute atomic E-state index is 0.0766. The summed E-state index contributed by atoms with van der Waals surface area (Å²) in [6.07, 6.45) is 2.23. The number of hydrogen-bond acceptors (Lipinski definition) is 4. The number of benzene rings is 1. The van der Waals surface area contributed by atoms with Crippen molar-refractivity contribution in [3.8, 4) is 11.1 Å². The number of nitrogens with zero attached hydrogens (tertiary/aromatic N) is 1. The summed E-state index contributed by atoms with van der Waals surface area (Å²) in [4.78, 5) is 15.7. The summed E-state index contributed by atoms with van der Waals surface area (Å²) >= 11 is 0. The van der Waals surface area contributed by atoms with Crippen LogP contribution in [0.25, 0.3) is 17.2 Å². The highest BCUT2D eigenvalue weighted by molar-refractivity contribution is 5.80. The predicted octanol–water partition coefficient (Wildman–Crippen LogP) is 4.74. The van der Waals surface area contributed by atoms with Gasteiger partial charge in [-0.15, -0.1) is 0 Å². The predicted molar refractivity (Wildman–Crippen MR) is 120 cm³/mol. The van der Waals surface area contributed by atoms with Gasteiger partial charge in [-0.25, -0.2) is 4.39 Å². The molecule has 0 fully saturated rings. The molecule has 0 aliphatic heterocycles. The summed E-state index contributed by atoms with van der Waals surface area (Å²) in [5.41, 5.74) is 5.65. The summed E-state index contributed by atoms with van der Waals surface area (Å²) in [5, 5.41) is 29.0. The quantitative estimate of drug-likeness (QED) is 0.508. The third kappa shape index (κ3) is 6.45. The average molecular weight is 430 g/mol. The average Bonchev–Trinajstić information content (AvgIpc) is 2.70. The van der Waals surface area contributed by atoms with Gasteiger partial charge in [-0.05, 0) is 47.6 Å². The van der Waals surface area contributed by atoms with Gasteiger partial charge in [0.15, 0.2) is 0 Å². The Morgan fingerprint density at radius 1 is 1.13 bits per heavy atom. The first-order chi connectivity index (χ1) is 14.7. The highest BCUT2D eigenvalue weighted by Crippen LogP contribution is 2.36. The lowest BCUT2D eigenvalue weighted by Crippen LogP contribution is -2.19. The number of pyridine rings is 1. The fraction of sp³-hybridized carbons (Fsp3) is 0.440. The van der Waals surface area contributed by atoms with E-state index in [1.165, 1.54) is 12.1 Å². The minimum atomic E-state index is -1.13. The van der Waals surface area contributed by atoms with E-state index >= 15 is 0 Å². The monoisotopic (exact) mass is 429 g/mol. The number of aryl methyl sites for hydroxylation is 1. The molecule has 3 N–H and O–H groups in total. The summed E-state index contributed by atoms with van der Waals surface area (Å²) in [6.45, 7) is 8.21. The summed E-state index contributed by atoms with van der Waals surface area (Å²) in [5.74, 6) is -1.31. The lowest BCUT2D eigenvalue weighted by Gasteiger charge is -2.21. The molecule has 168 valence electrons. The van der Waals surface area contributed by atoms with Crippen LogP contribution in [0.2, 0.25) is 0 Å². The van der Waals surface area contributed by atoms with Gasteiger partial charge in [-0.3, -0.25) is 9.78 Å². The normalized spacial score (nSPS) is 13.7. The van der Waals surface area contributed by atoms with Gasteiger partial charge in [0, 0.05) is 17.7 Å². The molecule has 0 bridgehead atoms. The van der Waals surface area contributed by atoms with Crippen LogP contribution < -0.4 is 0 Å². The van der Waals surface area contributed by atoms with Crippen LogP contribution in [-0.4, -0.2) is 38.5 Å². The van der Waals surface area contributed by atoms with Crippen molar-refractivity contribution in [3.63, 3.8) is 0 Å². The number of carbonyl (C=O) groups is 1. The first-order valence-electron chi connectivity index (χ1n) is 10.8. The van der Waals surface area contributed by atoms with E-state index < -0.39 is 24.6 Å². The molecule has 0 unspecified atom stereocenters. The van der Waals surface area contributed by atoms with Gasteiger partial charge in [0.1, 0.15) is 5.82 Å². The molecule has 31 heavy (non-hydrogen) atoms. The van der Waals surface area contributed by atoms with Crippen LogP contribution in [0.5, 0.6) is 0 Å². The van der Waals surface area contributed by atoms with Gasteiger partial charge in [-0.2, -0.15) is 0 Å². The van der Waals surface area contributed by atoms with E-state index in [0.717, 1.165) is 46.5 Å². The zero-order chi connectivity index (χ0) is 23.1. The second-order valence-electron chi connectivity index (χ2n) is 7.99. The lowest BCUT2D eigenvalue weighted by atomic mass is 9.87. The Morgan fingerprint density at radius 2 is 1.77 bits per heavy atom. The zero-order valence-corrected chi connectivity index (χ0v) is 18.6. The van der Waals surface area contributed by atoms with Crippen molar-refractivity contribution >= 4 is 12.0 Å². The number of aromatic nitrogens is 1. The molecule has 1 aromatic carbocycles. The van der Waals surface area contributed by atoms with Gasteiger partial charge in [-0.1, -0.05) is 52.0 Å². The number of aliphatic carboxylic acids is 1. The van der Waals surface area contributed by atoms with Crippen molar-refractivity contribution < 1.29 is 24.5 Å². The molecule has 0 saturated carbocycles. The number of hydrogen-bond donors (Lipinski definition) is 3. The number of carboxylic acids is 1. The highest BCUT2D eigenvalue weighted by atomic mass is 19.1. The van der Waals surface area contributed by atoms with Crippen LogP contribution in [-0.2, 0) is 17.6 Å². The summed E-state index contributed by atoms with van der Waals surface area (Å²) in [6, 6.07) is 6.36. The SMILES string of the molecule is CCc1nc(C(C)C)c(C=C[C@@H](O)C[C@@H](O)CC(=O)O)c(-c2ccc(F)cc2)c1CC. The Morgan fingerprint density at radius 3 is 2.29 bits per heavy atom. The number of rotatable bonds is 10. The molecule has 6 heteroatoms. The van der Waals surface area contributed by atoms with E-state index in [1.54, 1.807) is 24.3 Å². The van der Waals surface area contributed by atoms with Gasteiger partial charge in [0.2, 0.25) is 0 Å². The van der Waals surface area contributed by atoms with Crippen molar-refractivity contribution in [1.82, 2.24) is 4.98 Å². The van der Waals surface area contributed by atoms with Crippen LogP contribution in [0.15, 0.2) is 30.3 Å². The minimum Gasteiger partial charge on any atom is -0.481 e. The smallest absolute Gasteiger partial charge is 0.305 e. The largest absolute Gasteiger partial charge is 0.481 e. The van der Waals surface area contributed by atoms with E-state index in [0.29, 0.717) is 0 Å². The molecule has 1 aromatic heterocycles. The zero-order valence-electron chi connectivity index (χ0n) is 18.6. The summed E-state index contributed by atoms with van der Waals surface area (Å²) < 4.78 is 13.6. The Balaban J connectivity index is 2.60. The van der Waals surface area contributed by atoms with Gasteiger partial charge < -0.3 is 15.3 Å². The van der Waals surface area contributed by atoms with Gasteiger partial charge in [0.05, 0.1) is 24.3 Å². The van der Waals surface area contributed by atoms with E-state index in [4.69, 9.17) is 10.1 Å². The Kier molecular flexibility index (Phi) is 8.89. The fourth-order valence-corrected chi connectivity index (χ4v) is 3.79. The molecule has 0 aliphatic carbocycles. The van der Waals surface area contributed by atoms with Crippen LogP contribution in [0.1, 0.15) is 69.0 Å². The van der Waals surface area contributed by atoms with Crippen LogP contribution in [0, 0.1) is 5.82 Å². The highest BCUT2D eigenvalue weighted by Gasteiger charge is 2.20. The topological polar surface area (TPSA) is 90.7 Å². The molecule has 5 nitrogen and oxygen atoms in total. The molecule has 1 heterocycles. The van der Waals surface area contributed by atoms with Gasteiger partial charge in [0.25, 0.3) is 0 Å². The molecule has 0 aliphatic rings. The number of aliphatic hydroxyl groups excluding tert-OH is 2. The molecular weight excluding hydrogens is 397 g/mol. The third-order valence-corrected chi connectivity index (χ3v) is 5.23. The van der Waals surface area contributed by atoms with Crippen molar-refractivity contribution in [2.75, 3.05) is 0 Å². The van der Waals surface area contributed by atoms with E-state index in [-0.39, 0.29) is 18.2 Å². The second kappa shape index (κ2) is 11.2. The number of carboxylic acid groups (broad SMARTS) is 1. The van der Waals surface area contributed by atoms with E-state index in [9.17, 15) is 19.4 Å². The van der Waals surface area contributed by atoms with Gasteiger partial charge >= 0.3 is 5.97 Å². The van der Waals surface area contributed by atoms with Crippen molar-refractivity contribution in [2.45, 2.75) is 71.5 Å². The first-order valence-corrected chi connectivity index (χ1v) is 10.8. The Labute approximate surface area is 183 Å². The van der Waals surface area contributed by atoms with Crippen LogP contribution in [0.3, 0.4) is 0 Å². The summed E-state index contributed by atoms with van der Waals surface area (Å²) in [7, 11) is 0. The lowest BCUT2D eigenvalue weighted by molar-refractivity contribution is -0.139. The second-order valence-corrected chi connectivity index (χ2v) is 7.99. The van der Waals surface area contributed by atoms with Crippen LogP contribution in [0.4, 0.5) is 4.39 Å². The number of aliphatic hydroxyl groups is 2. The van der Waals surface area contributed by atoms with Crippen molar-refractivity contribution in [1.29, 1.82) is 0 Å². The maximum absolute atomic E-state index is 13.6. The molecule has 2 aromatic rings. The maximum atomic E-state index is 13.6. The molecule has 0 radical (unpaired) electrons. The molecule has 2 rings (SSSR count). The first kappa shape index (κ1) is 24.7. The van der Waals surface area contributed by atoms with Crippen LogP contribution >= 0.6 is 0 Å². The molecule has 0 spiro atoms. The maximum Gasteiger partial charge on any atom is 0.305 e. The fourth-order valence-electron chi connectivity index (χ4n) is 3.79. The van der Waals surface area contributed by atoms with Crippen molar-refractivity contribution in [2.24, 2.45) is 0 Å². The molecule has 2 atom stereocenters.